The van der Waals surface area contributed by atoms with Crippen LogP contribution in [0.2, 0.25) is 0 Å². The van der Waals surface area contributed by atoms with Crippen molar-refractivity contribution < 1.29 is 0 Å². The fourth-order valence-electron chi connectivity index (χ4n) is 1.21. The summed E-state index contributed by atoms with van der Waals surface area (Å²) in [6.45, 7) is 0. The van der Waals surface area contributed by atoms with Crippen LogP contribution in [0, 0.1) is 0 Å². The summed E-state index contributed by atoms with van der Waals surface area (Å²) in [7, 11) is 0. The van der Waals surface area contributed by atoms with Gasteiger partial charge in [-0.1, -0.05) is 0 Å². The summed E-state index contributed by atoms with van der Waals surface area (Å²) < 4.78 is 0. The maximum absolute atomic E-state index is 5.46. The molecule has 0 bridgehead atoms. The third-order valence-electron chi connectivity index (χ3n) is 1.90. The smallest absolute Gasteiger partial charge is 0.233 e. The van der Waals surface area contributed by atoms with Crippen molar-refractivity contribution in [3.8, 4) is 0 Å². The van der Waals surface area contributed by atoms with Gasteiger partial charge in [0.25, 0.3) is 0 Å². The second-order valence-electron chi connectivity index (χ2n) is 3.20. The second kappa shape index (κ2) is 4.68. The van der Waals surface area contributed by atoms with E-state index in [0.29, 0.717) is 5.69 Å². The maximum Gasteiger partial charge on any atom is 0.233 e. The summed E-state index contributed by atoms with van der Waals surface area (Å²) in [6.07, 6.45) is 0. The molecule has 2 rings (SSSR count). The van der Waals surface area contributed by atoms with Crippen molar-refractivity contribution >= 4 is 48.8 Å². The number of benzene rings is 1. The molecule has 0 radical (unpaired) electrons. The highest BCUT2D eigenvalue weighted by atomic mass is 32.1. The summed E-state index contributed by atoms with van der Waals surface area (Å²) in [6, 6.07) is 5.43. The predicted molar refractivity (Wildman–Crippen MR) is 72.9 cm³/mol. The monoisotopic (exact) mass is 266 g/mol. The van der Waals surface area contributed by atoms with Crippen LogP contribution in [0.1, 0.15) is 0 Å². The average molecular weight is 266 g/mol. The van der Waals surface area contributed by atoms with Gasteiger partial charge in [0.1, 0.15) is 0 Å². The molecule has 0 atom stereocenters. The number of hydrogen-bond donors (Lipinski definition) is 5. The summed E-state index contributed by atoms with van der Waals surface area (Å²) in [5, 5.41) is 2.95. The van der Waals surface area contributed by atoms with Crippen LogP contribution in [0.3, 0.4) is 0 Å². The normalized spacial score (nSPS) is 10.2. The van der Waals surface area contributed by atoms with Crippen LogP contribution in [-0.4, -0.2) is 15.0 Å². The van der Waals surface area contributed by atoms with Crippen molar-refractivity contribution in [3.05, 3.63) is 18.2 Å². The molecule has 0 fully saturated rings. The van der Waals surface area contributed by atoms with E-state index in [4.69, 9.17) is 11.5 Å². The zero-order chi connectivity index (χ0) is 12.4. The number of aromatic nitrogens is 3. The summed E-state index contributed by atoms with van der Waals surface area (Å²) >= 11 is 8.53. The third kappa shape index (κ3) is 2.92. The molecule has 0 aliphatic carbocycles. The maximum atomic E-state index is 5.46. The lowest BCUT2D eigenvalue weighted by atomic mass is 10.3. The van der Waals surface area contributed by atoms with Crippen LogP contribution in [0.25, 0.3) is 0 Å². The van der Waals surface area contributed by atoms with E-state index < -0.39 is 0 Å². The average Bonchev–Trinajstić information content (AvgIpc) is 2.22. The Bertz CT molecular complexity index is 539. The molecule has 5 N–H and O–H groups in total. The van der Waals surface area contributed by atoms with Crippen molar-refractivity contribution in [1.82, 2.24) is 15.0 Å². The molecule has 0 amide bonds. The molecule has 17 heavy (non-hydrogen) atoms. The standard InChI is InChI=1S/C9H10N6S2/c10-7-13-8(11)15-9(14-7)12-5-3-4(16)1-2-6(5)17/h1-3,16-17H,(H5,10,11,12,13,14,15). The van der Waals surface area contributed by atoms with E-state index in [2.05, 4.69) is 45.5 Å². The van der Waals surface area contributed by atoms with Gasteiger partial charge < -0.3 is 16.8 Å². The molecule has 0 saturated carbocycles. The van der Waals surface area contributed by atoms with E-state index in [0.717, 1.165) is 9.79 Å². The van der Waals surface area contributed by atoms with E-state index in [9.17, 15) is 0 Å². The largest absolute Gasteiger partial charge is 0.368 e. The summed E-state index contributed by atoms with van der Waals surface area (Å²) in [4.78, 5) is 13.0. The predicted octanol–water partition coefficient (Wildman–Crippen LogP) is 1.36. The van der Waals surface area contributed by atoms with Gasteiger partial charge in [-0.25, -0.2) is 0 Å². The number of nitrogen functional groups attached to an aromatic ring is 2. The number of anilines is 4. The van der Waals surface area contributed by atoms with Crippen LogP contribution in [0.15, 0.2) is 28.0 Å². The van der Waals surface area contributed by atoms with Gasteiger partial charge in [-0.3, -0.25) is 0 Å². The zero-order valence-corrected chi connectivity index (χ0v) is 10.4. The number of thiol groups is 2. The first-order valence-electron chi connectivity index (χ1n) is 4.60. The molecule has 6 nitrogen and oxygen atoms in total. The van der Waals surface area contributed by atoms with Gasteiger partial charge in [0.05, 0.1) is 5.69 Å². The number of nitrogens with zero attached hydrogens (tertiary/aromatic N) is 3. The van der Waals surface area contributed by atoms with Crippen molar-refractivity contribution in [1.29, 1.82) is 0 Å². The van der Waals surface area contributed by atoms with Gasteiger partial charge in [0.2, 0.25) is 17.8 Å². The molecular formula is C9H10N6S2. The zero-order valence-electron chi connectivity index (χ0n) is 8.62. The van der Waals surface area contributed by atoms with Crippen molar-refractivity contribution in [2.75, 3.05) is 16.8 Å². The molecular weight excluding hydrogens is 256 g/mol. The molecule has 0 spiro atoms. The fourth-order valence-corrected chi connectivity index (χ4v) is 1.61. The van der Waals surface area contributed by atoms with Gasteiger partial charge in [-0.05, 0) is 18.2 Å². The molecule has 8 heteroatoms. The Morgan fingerprint density at radius 2 is 1.65 bits per heavy atom. The summed E-state index contributed by atoms with van der Waals surface area (Å²) in [5.74, 6) is 0.384. The van der Waals surface area contributed by atoms with Gasteiger partial charge in [-0.2, -0.15) is 15.0 Å². The highest BCUT2D eigenvalue weighted by Gasteiger charge is 2.05. The molecule has 1 aromatic heterocycles. The van der Waals surface area contributed by atoms with Crippen LogP contribution in [0.5, 0.6) is 0 Å². The Morgan fingerprint density at radius 1 is 1.00 bits per heavy atom. The van der Waals surface area contributed by atoms with Crippen LogP contribution < -0.4 is 16.8 Å². The lowest BCUT2D eigenvalue weighted by Crippen LogP contribution is -2.06. The Morgan fingerprint density at radius 3 is 2.29 bits per heavy atom. The minimum Gasteiger partial charge on any atom is -0.368 e. The Labute approximate surface area is 109 Å². The van der Waals surface area contributed by atoms with Crippen molar-refractivity contribution in [2.24, 2.45) is 0 Å². The van der Waals surface area contributed by atoms with E-state index in [-0.39, 0.29) is 17.8 Å². The van der Waals surface area contributed by atoms with E-state index in [1.54, 1.807) is 6.07 Å². The highest BCUT2D eigenvalue weighted by Crippen LogP contribution is 2.25. The van der Waals surface area contributed by atoms with Gasteiger partial charge in [0, 0.05) is 9.79 Å². The first kappa shape index (κ1) is 11.8. The quantitative estimate of drug-likeness (QED) is 0.526. The van der Waals surface area contributed by atoms with Gasteiger partial charge in [-0.15, -0.1) is 25.3 Å². The third-order valence-corrected chi connectivity index (χ3v) is 2.56. The molecule has 1 aromatic carbocycles. The Hall–Kier alpha value is -1.67. The van der Waals surface area contributed by atoms with Crippen molar-refractivity contribution in [3.63, 3.8) is 0 Å². The summed E-state index contributed by atoms with van der Waals surface area (Å²) in [5.41, 5.74) is 11.6. The number of hydrogen-bond acceptors (Lipinski definition) is 8. The molecule has 88 valence electrons. The minimum atomic E-state index is 0.0581. The van der Waals surface area contributed by atoms with Crippen LogP contribution in [-0.2, 0) is 0 Å². The first-order valence-corrected chi connectivity index (χ1v) is 5.50. The van der Waals surface area contributed by atoms with Gasteiger partial charge >= 0.3 is 0 Å². The molecule has 0 saturated heterocycles. The first-order chi connectivity index (χ1) is 8.04. The lowest BCUT2D eigenvalue weighted by molar-refractivity contribution is 1.08. The number of nitrogens with two attached hydrogens (primary N) is 2. The molecule has 0 unspecified atom stereocenters. The number of rotatable bonds is 2. The van der Waals surface area contributed by atoms with E-state index >= 15 is 0 Å². The minimum absolute atomic E-state index is 0.0581. The Balaban J connectivity index is 2.34. The van der Waals surface area contributed by atoms with Crippen LogP contribution >= 0.6 is 25.3 Å². The number of nitrogens with one attached hydrogen (secondary N) is 1. The fraction of sp³-hybridized carbons (Fsp3) is 0. The molecule has 1 heterocycles. The topological polar surface area (TPSA) is 103 Å². The van der Waals surface area contributed by atoms with Crippen LogP contribution in [0.4, 0.5) is 23.5 Å². The van der Waals surface area contributed by atoms with Gasteiger partial charge in [0.15, 0.2) is 0 Å². The molecule has 0 aliphatic rings. The van der Waals surface area contributed by atoms with E-state index in [1.165, 1.54) is 0 Å². The van der Waals surface area contributed by atoms with Crippen molar-refractivity contribution in [2.45, 2.75) is 9.79 Å². The SMILES string of the molecule is Nc1nc(N)nc(Nc2cc(S)ccc2S)n1. The molecule has 0 aliphatic heterocycles. The molecule has 2 aromatic rings. The lowest BCUT2D eigenvalue weighted by Gasteiger charge is -2.08. The Kier molecular flexibility index (Phi) is 3.25. The second-order valence-corrected chi connectivity index (χ2v) is 4.20. The van der Waals surface area contributed by atoms with E-state index in [1.807, 2.05) is 12.1 Å². The highest BCUT2D eigenvalue weighted by molar-refractivity contribution is 7.80.